The Morgan fingerprint density at radius 2 is 2.30 bits per heavy atom. The highest BCUT2D eigenvalue weighted by molar-refractivity contribution is 5.66. The van der Waals surface area contributed by atoms with Gasteiger partial charge in [-0.1, -0.05) is 0 Å². The zero-order valence-electron chi connectivity index (χ0n) is 11.7. The van der Waals surface area contributed by atoms with E-state index in [1.807, 2.05) is 13.8 Å². The first-order valence-corrected chi connectivity index (χ1v) is 6.55. The molecular weight excluding hydrogens is 262 g/mol. The smallest absolute Gasteiger partial charge is 0.305 e. The number of aliphatic carboxylic acids is 1. The van der Waals surface area contributed by atoms with Crippen LogP contribution in [0.1, 0.15) is 20.3 Å². The van der Waals surface area contributed by atoms with E-state index in [1.165, 1.54) is 10.7 Å². The van der Waals surface area contributed by atoms with Crippen molar-refractivity contribution in [3.63, 3.8) is 0 Å². The van der Waals surface area contributed by atoms with Crippen molar-refractivity contribution in [3.8, 4) is 0 Å². The number of carbonyl (C=O) groups is 1. The number of carboxylic acids is 1. The fourth-order valence-corrected chi connectivity index (χ4v) is 2.20. The molecule has 2 rings (SSSR count). The summed E-state index contributed by atoms with van der Waals surface area (Å²) in [6.45, 7) is 6.09. The standard InChI is InChI=1S/C13H19N3O4/c1-13(2)9-15(5-6-20-13)10-7-11(17)16(14-8-10)4-3-12(18)19/h7-8H,3-6,9H2,1-2H3,(H,18,19). The highest BCUT2D eigenvalue weighted by Crippen LogP contribution is 2.21. The van der Waals surface area contributed by atoms with Crippen molar-refractivity contribution >= 4 is 11.7 Å². The van der Waals surface area contributed by atoms with Crippen LogP contribution in [0.4, 0.5) is 5.69 Å². The van der Waals surface area contributed by atoms with Crippen molar-refractivity contribution in [3.05, 3.63) is 22.6 Å². The molecule has 1 aromatic rings. The van der Waals surface area contributed by atoms with Gasteiger partial charge in [-0.25, -0.2) is 4.68 Å². The van der Waals surface area contributed by atoms with Crippen molar-refractivity contribution in [1.29, 1.82) is 0 Å². The third kappa shape index (κ3) is 3.57. The van der Waals surface area contributed by atoms with Gasteiger partial charge in [0.05, 0.1) is 37.1 Å². The second-order valence-corrected chi connectivity index (χ2v) is 5.45. The van der Waals surface area contributed by atoms with Gasteiger partial charge < -0.3 is 14.7 Å². The van der Waals surface area contributed by atoms with Gasteiger partial charge >= 0.3 is 5.97 Å². The maximum atomic E-state index is 11.9. The number of hydrogen-bond donors (Lipinski definition) is 1. The van der Waals surface area contributed by atoms with Crippen LogP contribution >= 0.6 is 0 Å². The van der Waals surface area contributed by atoms with Gasteiger partial charge in [-0.15, -0.1) is 0 Å². The van der Waals surface area contributed by atoms with Crippen molar-refractivity contribution < 1.29 is 14.6 Å². The summed E-state index contributed by atoms with van der Waals surface area (Å²) in [6, 6.07) is 1.50. The van der Waals surface area contributed by atoms with Gasteiger partial charge in [0.1, 0.15) is 0 Å². The van der Waals surface area contributed by atoms with E-state index in [1.54, 1.807) is 6.20 Å². The first-order chi connectivity index (χ1) is 9.37. The summed E-state index contributed by atoms with van der Waals surface area (Å²) < 4.78 is 6.80. The molecule has 7 nitrogen and oxygen atoms in total. The molecule has 0 bridgehead atoms. The first kappa shape index (κ1) is 14.5. The quantitative estimate of drug-likeness (QED) is 0.856. The molecule has 2 heterocycles. The number of carboxylic acid groups (broad SMARTS) is 1. The molecular formula is C13H19N3O4. The predicted molar refractivity (Wildman–Crippen MR) is 73.0 cm³/mol. The van der Waals surface area contributed by atoms with Crippen LogP contribution in [0.25, 0.3) is 0 Å². The van der Waals surface area contributed by atoms with Gasteiger partial charge in [0.15, 0.2) is 0 Å². The van der Waals surface area contributed by atoms with E-state index in [4.69, 9.17) is 9.84 Å². The summed E-state index contributed by atoms with van der Waals surface area (Å²) in [7, 11) is 0. The summed E-state index contributed by atoms with van der Waals surface area (Å²) in [6.07, 6.45) is 1.49. The molecule has 0 aromatic carbocycles. The molecule has 0 radical (unpaired) electrons. The van der Waals surface area contributed by atoms with E-state index < -0.39 is 5.97 Å². The Balaban J connectivity index is 2.12. The lowest BCUT2D eigenvalue weighted by Crippen LogP contribution is -2.48. The third-order valence-electron chi connectivity index (χ3n) is 3.18. The van der Waals surface area contributed by atoms with Crippen LogP contribution in [0, 0.1) is 0 Å². The molecule has 0 unspecified atom stereocenters. The molecule has 0 saturated carbocycles. The van der Waals surface area contributed by atoms with E-state index in [9.17, 15) is 9.59 Å². The van der Waals surface area contributed by atoms with E-state index in [0.29, 0.717) is 19.7 Å². The molecule has 1 saturated heterocycles. The Morgan fingerprint density at radius 3 is 2.90 bits per heavy atom. The first-order valence-electron chi connectivity index (χ1n) is 6.55. The number of aromatic nitrogens is 2. The summed E-state index contributed by atoms with van der Waals surface area (Å²) in [4.78, 5) is 24.5. The topological polar surface area (TPSA) is 84.7 Å². The van der Waals surface area contributed by atoms with Crippen molar-refractivity contribution in [2.24, 2.45) is 0 Å². The molecule has 110 valence electrons. The molecule has 1 aliphatic heterocycles. The Labute approximate surface area is 116 Å². The van der Waals surface area contributed by atoms with Crippen LogP contribution < -0.4 is 10.5 Å². The summed E-state index contributed by atoms with van der Waals surface area (Å²) in [5.74, 6) is -0.947. The number of morpholine rings is 1. The number of hydrogen-bond acceptors (Lipinski definition) is 5. The zero-order chi connectivity index (χ0) is 14.8. The van der Waals surface area contributed by atoms with Gasteiger partial charge in [-0.05, 0) is 13.8 Å². The average Bonchev–Trinajstić information content (AvgIpc) is 2.36. The van der Waals surface area contributed by atoms with Gasteiger partial charge in [0.2, 0.25) is 0 Å². The SMILES string of the molecule is CC1(C)CN(c2cnn(CCC(=O)O)c(=O)c2)CCO1. The Bertz CT molecular complexity index is 553. The van der Waals surface area contributed by atoms with E-state index in [0.717, 1.165) is 5.69 Å². The third-order valence-corrected chi connectivity index (χ3v) is 3.18. The van der Waals surface area contributed by atoms with Crippen molar-refractivity contribution in [2.75, 3.05) is 24.6 Å². The molecule has 1 aromatic heterocycles. The van der Waals surface area contributed by atoms with Crippen molar-refractivity contribution in [2.45, 2.75) is 32.4 Å². The summed E-state index contributed by atoms with van der Waals surface area (Å²) in [5, 5.41) is 12.6. The fourth-order valence-electron chi connectivity index (χ4n) is 2.20. The Kier molecular flexibility index (Phi) is 4.08. The highest BCUT2D eigenvalue weighted by Gasteiger charge is 2.27. The summed E-state index contributed by atoms with van der Waals surface area (Å²) >= 11 is 0. The lowest BCUT2D eigenvalue weighted by atomic mass is 10.1. The average molecular weight is 281 g/mol. The Hall–Kier alpha value is -1.89. The minimum atomic E-state index is -0.947. The van der Waals surface area contributed by atoms with Gasteiger partial charge in [-0.2, -0.15) is 5.10 Å². The number of ether oxygens (including phenoxy) is 1. The lowest BCUT2D eigenvalue weighted by molar-refractivity contribution is -0.137. The largest absolute Gasteiger partial charge is 0.481 e. The minimum Gasteiger partial charge on any atom is -0.481 e. The molecule has 0 amide bonds. The van der Waals surface area contributed by atoms with Crippen LogP contribution in [0.5, 0.6) is 0 Å². The molecule has 0 aliphatic carbocycles. The summed E-state index contributed by atoms with van der Waals surface area (Å²) in [5.41, 5.74) is 0.210. The van der Waals surface area contributed by atoms with E-state index in [-0.39, 0.29) is 24.1 Å². The van der Waals surface area contributed by atoms with E-state index >= 15 is 0 Å². The maximum absolute atomic E-state index is 11.9. The second kappa shape index (κ2) is 5.62. The fraction of sp³-hybridized carbons (Fsp3) is 0.615. The van der Waals surface area contributed by atoms with Crippen LogP contribution in [-0.2, 0) is 16.1 Å². The normalized spacial score (nSPS) is 18.0. The second-order valence-electron chi connectivity index (χ2n) is 5.45. The van der Waals surface area contributed by atoms with Crippen LogP contribution in [0.3, 0.4) is 0 Å². The Morgan fingerprint density at radius 1 is 1.55 bits per heavy atom. The molecule has 1 N–H and O–H groups in total. The lowest BCUT2D eigenvalue weighted by Gasteiger charge is -2.39. The zero-order valence-corrected chi connectivity index (χ0v) is 11.7. The predicted octanol–water partition coefficient (Wildman–Crippen LogP) is 0.333. The highest BCUT2D eigenvalue weighted by atomic mass is 16.5. The molecule has 20 heavy (non-hydrogen) atoms. The maximum Gasteiger partial charge on any atom is 0.305 e. The monoisotopic (exact) mass is 281 g/mol. The number of nitrogens with zero attached hydrogens (tertiary/aromatic N) is 3. The number of anilines is 1. The van der Waals surface area contributed by atoms with Gasteiger partial charge in [-0.3, -0.25) is 9.59 Å². The van der Waals surface area contributed by atoms with Crippen LogP contribution in [0.15, 0.2) is 17.1 Å². The number of rotatable bonds is 4. The molecule has 1 aliphatic rings. The van der Waals surface area contributed by atoms with Gasteiger partial charge in [0.25, 0.3) is 5.56 Å². The van der Waals surface area contributed by atoms with Gasteiger partial charge in [0, 0.05) is 19.2 Å². The molecule has 1 fully saturated rings. The van der Waals surface area contributed by atoms with E-state index in [2.05, 4.69) is 10.00 Å². The number of aryl methyl sites for hydroxylation is 1. The van der Waals surface area contributed by atoms with Crippen molar-refractivity contribution in [1.82, 2.24) is 9.78 Å². The molecule has 7 heteroatoms. The van der Waals surface area contributed by atoms with Crippen LogP contribution in [-0.4, -0.2) is 46.2 Å². The molecule has 0 atom stereocenters. The van der Waals surface area contributed by atoms with Crippen LogP contribution in [0.2, 0.25) is 0 Å². The minimum absolute atomic E-state index is 0.0864. The molecule has 0 spiro atoms.